The first-order chi connectivity index (χ1) is 32.5. The number of phosphoric ester groups is 1. The molecule has 0 aliphatic rings. The monoisotopic (exact) mass is 973 g/mol. The van der Waals surface area contributed by atoms with Gasteiger partial charge in [0.05, 0.1) is 27.7 Å². The maximum atomic E-state index is 12.8. The van der Waals surface area contributed by atoms with E-state index in [4.69, 9.17) is 18.5 Å². The number of nitrogens with zero attached hydrogens (tertiary/aromatic N) is 1. The third-order valence-corrected chi connectivity index (χ3v) is 14.4. The van der Waals surface area contributed by atoms with Crippen LogP contribution in [-0.4, -0.2) is 74.9 Å². The number of likely N-dealkylation sites (N-methyl/N-ethyl adjacent to an activating group) is 1. The van der Waals surface area contributed by atoms with Crippen LogP contribution in [0.3, 0.4) is 0 Å². The maximum absolute atomic E-state index is 12.8. The van der Waals surface area contributed by atoms with Crippen LogP contribution < -0.4 is 0 Å². The van der Waals surface area contributed by atoms with Crippen molar-refractivity contribution in [3.8, 4) is 0 Å². The van der Waals surface area contributed by atoms with Gasteiger partial charge in [-0.1, -0.05) is 277 Å². The van der Waals surface area contributed by atoms with E-state index < -0.39 is 26.5 Å². The van der Waals surface area contributed by atoms with E-state index in [0.717, 1.165) is 38.5 Å². The number of unbranched alkanes of at least 4 members (excludes halogenated alkanes) is 41. The van der Waals surface area contributed by atoms with Crippen LogP contribution >= 0.6 is 7.82 Å². The summed E-state index contributed by atoms with van der Waals surface area (Å²) in [5.41, 5.74) is 0. The Morgan fingerprint density at radius 2 is 0.672 bits per heavy atom. The van der Waals surface area contributed by atoms with Crippen LogP contribution in [0.25, 0.3) is 0 Å². The molecule has 10 heteroatoms. The van der Waals surface area contributed by atoms with Crippen LogP contribution in [0.2, 0.25) is 0 Å². The molecule has 0 aromatic heterocycles. The predicted octanol–water partition coefficient (Wildman–Crippen LogP) is 17.9. The molecule has 0 spiro atoms. The number of carbonyl (C=O) groups excluding carboxylic acids is 2. The second-order valence-corrected chi connectivity index (χ2v) is 22.9. The van der Waals surface area contributed by atoms with Crippen molar-refractivity contribution in [1.82, 2.24) is 0 Å². The summed E-state index contributed by atoms with van der Waals surface area (Å²) in [5, 5.41) is 0. The highest BCUT2D eigenvalue weighted by Crippen LogP contribution is 2.43. The van der Waals surface area contributed by atoms with Crippen molar-refractivity contribution in [2.75, 3.05) is 47.5 Å². The molecule has 1 N–H and O–H groups in total. The lowest BCUT2D eigenvalue weighted by atomic mass is 10.0. The van der Waals surface area contributed by atoms with Crippen LogP contribution in [0.15, 0.2) is 0 Å². The quantitative estimate of drug-likeness (QED) is 0.0278. The first-order valence-corrected chi connectivity index (χ1v) is 30.8. The zero-order chi connectivity index (χ0) is 49.2. The van der Waals surface area contributed by atoms with Crippen molar-refractivity contribution in [1.29, 1.82) is 0 Å². The summed E-state index contributed by atoms with van der Waals surface area (Å²) in [5.74, 6) is -0.772. The van der Waals surface area contributed by atoms with Crippen LogP contribution in [0, 0.1) is 0 Å². The number of quaternary nitrogens is 1. The minimum Gasteiger partial charge on any atom is -0.462 e. The summed E-state index contributed by atoms with van der Waals surface area (Å²) in [4.78, 5) is 35.7. The zero-order valence-corrected chi connectivity index (χ0v) is 46.3. The number of phosphoric acid groups is 1. The Kier molecular flexibility index (Phi) is 49.2. The largest absolute Gasteiger partial charge is 0.472 e. The van der Waals surface area contributed by atoms with Crippen LogP contribution in [0.5, 0.6) is 0 Å². The molecule has 400 valence electrons. The minimum atomic E-state index is -4.38. The van der Waals surface area contributed by atoms with Gasteiger partial charge in [0.1, 0.15) is 19.8 Å². The summed E-state index contributed by atoms with van der Waals surface area (Å²) in [6, 6.07) is 0. The van der Waals surface area contributed by atoms with E-state index in [9.17, 15) is 19.0 Å². The highest BCUT2D eigenvalue weighted by Gasteiger charge is 2.27. The second-order valence-electron chi connectivity index (χ2n) is 21.4. The first-order valence-electron chi connectivity index (χ1n) is 29.3. The summed E-state index contributed by atoms with van der Waals surface area (Å²) >= 11 is 0. The average Bonchev–Trinajstić information content (AvgIpc) is 3.29. The number of esters is 2. The molecule has 67 heavy (non-hydrogen) atoms. The molecule has 0 fully saturated rings. The normalized spacial score (nSPS) is 13.2. The van der Waals surface area contributed by atoms with E-state index in [1.54, 1.807) is 0 Å². The molecule has 2 unspecified atom stereocenters. The standard InChI is InChI=1S/C57H114NO8P/c1-6-8-10-12-14-16-18-20-22-24-26-28-30-32-34-36-38-40-42-44-46-48-50-57(60)66-55(54-65-67(61,62)64-52-51-58(3,4)5)53-63-56(59)49-47-45-43-41-39-37-35-33-31-29-27-25-23-21-19-17-15-13-11-9-7-2/h55H,6-54H2,1-5H3/p+1. The van der Waals surface area contributed by atoms with E-state index in [-0.39, 0.29) is 25.6 Å². The minimum absolute atomic E-state index is 0.0374. The lowest BCUT2D eigenvalue weighted by molar-refractivity contribution is -0.870. The Bertz CT molecular complexity index is 1100. The Hall–Kier alpha value is -0.990. The third kappa shape index (κ3) is 54.2. The van der Waals surface area contributed by atoms with Gasteiger partial charge in [-0.2, -0.15) is 0 Å². The van der Waals surface area contributed by atoms with E-state index in [0.29, 0.717) is 17.4 Å². The highest BCUT2D eigenvalue weighted by molar-refractivity contribution is 7.47. The van der Waals surface area contributed by atoms with Crippen LogP contribution in [0.1, 0.15) is 303 Å². The summed E-state index contributed by atoms with van der Waals surface area (Å²) < 4.78 is 34.6. The molecule has 0 rings (SSSR count). The Labute approximate surface area is 416 Å². The molecular weight excluding hydrogens is 858 g/mol. The van der Waals surface area contributed by atoms with Crippen LogP contribution in [-0.2, 0) is 32.7 Å². The van der Waals surface area contributed by atoms with Crippen molar-refractivity contribution in [2.24, 2.45) is 0 Å². The van der Waals surface area contributed by atoms with Gasteiger partial charge in [-0.3, -0.25) is 18.6 Å². The average molecular weight is 974 g/mol. The number of rotatable bonds is 55. The first kappa shape index (κ1) is 66.0. The van der Waals surface area contributed by atoms with Gasteiger partial charge in [0.25, 0.3) is 0 Å². The van der Waals surface area contributed by atoms with E-state index in [1.165, 1.54) is 238 Å². The van der Waals surface area contributed by atoms with E-state index in [2.05, 4.69) is 13.8 Å². The van der Waals surface area contributed by atoms with Gasteiger partial charge in [0, 0.05) is 12.8 Å². The van der Waals surface area contributed by atoms with Gasteiger partial charge in [-0.05, 0) is 12.8 Å². The van der Waals surface area contributed by atoms with E-state index >= 15 is 0 Å². The fourth-order valence-corrected chi connectivity index (χ4v) is 9.58. The zero-order valence-electron chi connectivity index (χ0n) is 45.4. The summed E-state index contributed by atoms with van der Waals surface area (Å²) in [6.07, 6.45) is 56.0. The second kappa shape index (κ2) is 50.0. The fourth-order valence-electron chi connectivity index (χ4n) is 8.84. The lowest BCUT2D eigenvalue weighted by Crippen LogP contribution is -2.37. The van der Waals surface area contributed by atoms with Gasteiger partial charge in [0.15, 0.2) is 6.10 Å². The SMILES string of the molecule is CCCCCCCCCCCCCCCCCCCCCCCCC(=O)OC(COC(=O)CCCCCCCCCCCCCCCCCCCCCCC)COP(=O)(O)OCC[N+](C)(C)C. The molecule has 0 heterocycles. The molecule has 0 aromatic rings. The smallest absolute Gasteiger partial charge is 0.462 e. The molecule has 0 saturated carbocycles. The topological polar surface area (TPSA) is 108 Å². The lowest BCUT2D eigenvalue weighted by Gasteiger charge is -2.24. The van der Waals surface area contributed by atoms with Crippen LogP contribution in [0.4, 0.5) is 0 Å². The summed E-state index contributed by atoms with van der Waals surface area (Å²) in [7, 11) is 1.50. The van der Waals surface area contributed by atoms with Gasteiger partial charge >= 0.3 is 19.8 Å². The Morgan fingerprint density at radius 1 is 0.403 bits per heavy atom. The summed E-state index contributed by atoms with van der Waals surface area (Å²) in [6.45, 7) is 4.51. The van der Waals surface area contributed by atoms with Crippen molar-refractivity contribution in [3.05, 3.63) is 0 Å². The number of hydrogen-bond acceptors (Lipinski definition) is 7. The van der Waals surface area contributed by atoms with Gasteiger partial charge < -0.3 is 18.9 Å². The maximum Gasteiger partial charge on any atom is 0.472 e. The van der Waals surface area contributed by atoms with Gasteiger partial charge in [-0.25, -0.2) is 4.57 Å². The fraction of sp³-hybridized carbons (Fsp3) is 0.965. The third-order valence-electron chi connectivity index (χ3n) is 13.4. The molecule has 0 aliphatic heterocycles. The van der Waals surface area contributed by atoms with Crippen molar-refractivity contribution in [3.63, 3.8) is 0 Å². The molecule has 0 bridgehead atoms. The molecular formula is C57H115NO8P+. The van der Waals surface area contributed by atoms with E-state index in [1.807, 2.05) is 21.1 Å². The molecule has 0 amide bonds. The molecule has 2 atom stereocenters. The van der Waals surface area contributed by atoms with Gasteiger partial charge in [-0.15, -0.1) is 0 Å². The Balaban J connectivity index is 4.11. The molecule has 0 aliphatic carbocycles. The van der Waals surface area contributed by atoms with Gasteiger partial charge in [0.2, 0.25) is 0 Å². The number of carbonyl (C=O) groups is 2. The Morgan fingerprint density at radius 3 is 0.955 bits per heavy atom. The van der Waals surface area contributed by atoms with Crippen molar-refractivity contribution < 1.29 is 42.1 Å². The molecule has 0 aromatic carbocycles. The molecule has 0 saturated heterocycles. The molecule has 9 nitrogen and oxygen atoms in total. The van der Waals surface area contributed by atoms with Crippen molar-refractivity contribution in [2.45, 2.75) is 309 Å². The molecule has 0 radical (unpaired) electrons. The predicted molar refractivity (Wildman–Crippen MR) is 285 cm³/mol. The highest BCUT2D eigenvalue weighted by atomic mass is 31.2. The van der Waals surface area contributed by atoms with Crippen molar-refractivity contribution >= 4 is 19.8 Å². The number of hydrogen-bond donors (Lipinski definition) is 1. The number of ether oxygens (including phenoxy) is 2.